The summed E-state index contributed by atoms with van der Waals surface area (Å²) in [5.41, 5.74) is 0. The van der Waals surface area contributed by atoms with Crippen molar-refractivity contribution in [2.75, 3.05) is 36.5 Å². The van der Waals surface area contributed by atoms with E-state index in [1.165, 1.54) is 19.2 Å². The summed E-state index contributed by atoms with van der Waals surface area (Å²) in [5, 5.41) is 8.80. The van der Waals surface area contributed by atoms with E-state index in [9.17, 15) is 4.79 Å². The van der Waals surface area contributed by atoms with Crippen molar-refractivity contribution >= 4 is 17.6 Å². The molecule has 0 atom stereocenters. The molecule has 0 radical (unpaired) electrons. The summed E-state index contributed by atoms with van der Waals surface area (Å²) < 4.78 is 0. The lowest BCUT2D eigenvalue weighted by atomic mass is 9.99. The van der Waals surface area contributed by atoms with Crippen LogP contribution in [0.4, 0.5) is 11.6 Å². The maximum absolute atomic E-state index is 10.7. The van der Waals surface area contributed by atoms with Crippen LogP contribution in [0.25, 0.3) is 0 Å². The number of rotatable bonds is 4. The second-order valence-electron chi connectivity index (χ2n) is 5.15. The number of hydrogen-bond donors (Lipinski definition) is 1. The molecule has 0 saturated carbocycles. The molecule has 19 heavy (non-hydrogen) atoms. The zero-order valence-electron chi connectivity index (χ0n) is 11.4. The lowest BCUT2D eigenvalue weighted by Gasteiger charge is -2.31. The summed E-state index contributed by atoms with van der Waals surface area (Å²) in [6.07, 6.45) is 3.84. The van der Waals surface area contributed by atoms with Gasteiger partial charge in [0.15, 0.2) is 0 Å². The van der Waals surface area contributed by atoms with E-state index in [0.717, 1.165) is 24.8 Å². The lowest BCUT2D eigenvalue weighted by Crippen LogP contribution is -2.34. The highest BCUT2D eigenvalue weighted by atomic mass is 16.4. The number of piperidine rings is 1. The third-order valence-corrected chi connectivity index (χ3v) is 3.51. The van der Waals surface area contributed by atoms with Crippen molar-refractivity contribution in [3.8, 4) is 0 Å². The molecule has 6 nitrogen and oxygen atoms in total. The molecule has 0 spiro atoms. The largest absolute Gasteiger partial charge is 0.480 e. The van der Waals surface area contributed by atoms with E-state index in [2.05, 4.69) is 21.8 Å². The van der Waals surface area contributed by atoms with Crippen molar-refractivity contribution in [1.82, 2.24) is 9.97 Å². The van der Waals surface area contributed by atoms with Crippen LogP contribution in [0.1, 0.15) is 19.8 Å². The summed E-state index contributed by atoms with van der Waals surface area (Å²) in [7, 11) is 1.72. The average Bonchev–Trinajstić information content (AvgIpc) is 2.39. The molecule has 1 aromatic heterocycles. The van der Waals surface area contributed by atoms with E-state index in [1.807, 2.05) is 6.07 Å². The first kappa shape index (κ1) is 13.6. The third kappa shape index (κ3) is 3.56. The van der Waals surface area contributed by atoms with E-state index in [1.54, 1.807) is 11.9 Å². The van der Waals surface area contributed by atoms with Gasteiger partial charge in [-0.25, -0.2) is 9.97 Å². The monoisotopic (exact) mass is 264 g/mol. The Morgan fingerprint density at radius 2 is 2.16 bits per heavy atom. The van der Waals surface area contributed by atoms with Crippen molar-refractivity contribution in [1.29, 1.82) is 0 Å². The van der Waals surface area contributed by atoms with Gasteiger partial charge >= 0.3 is 5.97 Å². The molecule has 0 bridgehead atoms. The number of aliphatic carboxylic acids is 1. The zero-order valence-corrected chi connectivity index (χ0v) is 11.4. The summed E-state index contributed by atoms with van der Waals surface area (Å²) in [5.74, 6) is 1.43. The first-order valence-electron chi connectivity index (χ1n) is 6.56. The van der Waals surface area contributed by atoms with Crippen molar-refractivity contribution < 1.29 is 9.90 Å². The SMILES string of the molecule is CC1CCN(c2cc(N(C)CC(=O)O)ncn2)CC1. The summed E-state index contributed by atoms with van der Waals surface area (Å²) in [4.78, 5) is 23.0. The van der Waals surface area contributed by atoms with Crippen molar-refractivity contribution in [3.05, 3.63) is 12.4 Å². The van der Waals surface area contributed by atoms with Crippen LogP contribution in [0.15, 0.2) is 12.4 Å². The molecule has 6 heteroatoms. The molecule has 0 aliphatic carbocycles. The Morgan fingerprint density at radius 3 is 2.79 bits per heavy atom. The van der Waals surface area contributed by atoms with Crippen molar-refractivity contribution in [2.24, 2.45) is 5.92 Å². The Balaban J connectivity index is 2.08. The molecule has 1 aromatic rings. The Hall–Kier alpha value is -1.85. The number of aromatic nitrogens is 2. The van der Waals surface area contributed by atoms with E-state index >= 15 is 0 Å². The first-order valence-corrected chi connectivity index (χ1v) is 6.56. The molecule has 2 rings (SSSR count). The van der Waals surface area contributed by atoms with Crippen LogP contribution in [0, 0.1) is 5.92 Å². The van der Waals surface area contributed by atoms with E-state index in [0.29, 0.717) is 5.82 Å². The number of carboxylic acid groups (broad SMARTS) is 1. The number of likely N-dealkylation sites (N-methyl/N-ethyl adjacent to an activating group) is 1. The minimum Gasteiger partial charge on any atom is -0.480 e. The number of hydrogen-bond acceptors (Lipinski definition) is 5. The van der Waals surface area contributed by atoms with Crippen LogP contribution >= 0.6 is 0 Å². The number of anilines is 2. The first-order chi connectivity index (χ1) is 9.06. The standard InChI is InChI=1S/C13H20N4O2/c1-10-3-5-17(6-4-10)12-7-11(14-9-15-12)16(2)8-13(18)19/h7,9-10H,3-6,8H2,1-2H3,(H,18,19). The molecular weight excluding hydrogens is 244 g/mol. The van der Waals surface area contributed by atoms with Gasteiger partial charge in [-0.2, -0.15) is 0 Å². The smallest absolute Gasteiger partial charge is 0.323 e. The number of nitrogens with zero attached hydrogens (tertiary/aromatic N) is 4. The number of carbonyl (C=O) groups is 1. The molecular formula is C13H20N4O2. The Morgan fingerprint density at radius 1 is 1.47 bits per heavy atom. The highest BCUT2D eigenvalue weighted by Gasteiger charge is 2.18. The summed E-state index contributed by atoms with van der Waals surface area (Å²) in [6, 6.07) is 1.86. The van der Waals surface area contributed by atoms with E-state index < -0.39 is 5.97 Å². The summed E-state index contributed by atoms with van der Waals surface area (Å²) >= 11 is 0. The topological polar surface area (TPSA) is 69.6 Å². The van der Waals surface area contributed by atoms with Gasteiger partial charge < -0.3 is 14.9 Å². The van der Waals surface area contributed by atoms with Gasteiger partial charge in [-0.3, -0.25) is 4.79 Å². The van der Waals surface area contributed by atoms with Gasteiger partial charge in [0.2, 0.25) is 0 Å². The summed E-state index contributed by atoms with van der Waals surface area (Å²) in [6.45, 7) is 4.21. The fourth-order valence-electron chi connectivity index (χ4n) is 2.24. The van der Waals surface area contributed by atoms with Crippen LogP contribution in [-0.4, -0.2) is 47.7 Å². The highest BCUT2D eigenvalue weighted by molar-refractivity contribution is 5.73. The minimum absolute atomic E-state index is 0.0620. The van der Waals surface area contributed by atoms with Gasteiger partial charge in [0.25, 0.3) is 0 Å². The lowest BCUT2D eigenvalue weighted by molar-refractivity contribution is -0.135. The van der Waals surface area contributed by atoms with Crippen molar-refractivity contribution in [2.45, 2.75) is 19.8 Å². The van der Waals surface area contributed by atoms with Gasteiger partial charge in [0, 0.05) is 26.2 Å². The Labute approximate surface area is 113 Å². The molecule has 1 fully saturated rings. The van der Waals surface area contributed by atoms with Crippen LogP contribution in [0.5, 0.6) is 0 Å². The quantitative estimate of drug-likeness (QED) is 0.882. The second kappa shape index (κ2) is 5.86. The molecule has 0 amide bonds. The minimum atomic E-state index is -0.866. The van der Waals surface area contributed by atoms with Crippen LogP contribution in [0.2, 0.25) is 0 Å². The predicted octanol–water partition coefficient (Wildman–Crippen LogP) is 1.23. The predicted molar refractivity (Wildman–Crippen MR) is 73.5 cm³/mol. The van der Waals surface area contributed by atoms with Crippen molar-refractivity contribution in [3.63, 3.8) is 0 Å². The van der Waals surface area contributed by atoms with E-state index in [-0.39, 0.29) is 6.54 Å². The molecule has 0 aromatic carbocycles. The maximum Gasteiger partial charge on any atom is 0.323 e. The van der Waals surface area contributed by atoms with E-state index in [4.69, 9.17) is 5.11 Å². The van der Waals surface area contributed by atoms with Gasteiger partial charge in [-0.1, -0.05) is 6.92 Å². The zero-order chi connectivity index (χ0) is 13.8. The molecule has 2 heterocycles. The van der Waals surface area contributed by atoms with Crippen LogP contribution in [0.3, 0.4) is 0 Å². The Bertz CT molecular complexity index is 444. The fourth-order valence-corrected chi connectivity index (χ4v) is 2.24. The average molecular weight is 264 g/mol. The van der Waals surface area contributed by atoms with Gasteiger partial charge in [-0.05, 0) is 18.8 Å². The van der Waals surface area contributed by atoms with Crippen LogP contribution < -0.4 is 9.80 Å². The van der Waals surface area contributed by atoms with Gasteiger partial charge in [-0.15, -0.1) is 0 Å². The second-order valence-corrected chi connectivity index (χ2v) is 5.15. The number of carboxylic acids is 1. The highest BCUT2D eigenvalue weighted by Crippen LogP contribution is 2.23. The maximum atomic E-state index is 10.7. The van der Waals surface area contributed by atoms with Gasteiger partial charge in [0.1, 0.15) is 24.5 Å². The molecule has 1 aliphatic rings. The molecule has 1 N–H and O–H groups in total. The molecule has 1 saturated heterocycles. The molecule has 104 valence electrons. The Kier molecular flexibility index (Phi) is 4.19. The van der Waals surface area contributed by atoms with Gasteiger partial charge in [0.05, 0.1) is 0 Å². The fraction of sp³-hybridized carbons (Fsp3) is 0.615. The van der Waals surface area contributed by atoms with Crippen LogP contribution in [-0.2, 0) is 4.79 Å². The normalized spacial score (nSPS) is 16.4. The molecule has 1 aliphatic heterocycles. The third-order valence-electron chi connectivity index (χ3n) is 3.51. The molecule has 0 unspecified atom stereocenters.